The molecule has 0 amide bonds. The van der Waals surface area contributed by atoms with Gasteiger partial charge in [0.1, 0.15) is 0 Å². The van der Waals surface area contributed by atoms with E-state index in [0.29, 0.717) is 18.3 Å². The number of guanidine groups is 1. The monoisotopic (exact) mass is 293 g/mol. The second-order valence-electron chi connectivity index (χ2n) is 6.02. The summed E-state index contributed by atoms with van der Waals surface area (Å²) in [7, 11) is 3.78. The summed E-state index contributed by atoms with van der Waals surface area (Å²) in [6.45, 7) is 11.3. The van der Waals surface area contributed by atoms with Gasteiger partial charge in [0.15, 0.2) is 11.8 Å². The van der Waals surface area contributed by atoms with Crippen LogP contribution in [0.2, 0.25) is 0 Å². The molecule has 1 aromatic heterocycles. The van der Waals surface area contributed by atoms with Gasteiger partial charge in [-0.1, -0.05) is 32.0 Å². The highest BCUT2D eigenvalue weighted by molar-refractivity contribution is 5.79. The van der Waals surface area contributed by atoms with E-state index in [1.54, 1.807) is 7.05 Å². The number of hydrogen-bond donors (Lipinski definition) is 1. The largest absolute Gasteiger partial charge is 0.349 e. The van der Waals surface area contributed by atoms with Crippen LogP contribution in [0.4, 0.5) is 0 Å². The molecule has 0 aliphatic heterocycles. The fraction of sp³-hybridized carbons (Fsp3) is 0.667. The fourth-order valence-corrected chi connectivity index (χ4v) is 1.75. The van der Waals surface area contributed by atoms with Crippen molar-refractivity contribution in [2.45, 2.75) is 45.6 Å². The van der Waals surface area contributed by atoms with Gasteiger partial charge in [-0.15, -0.1) is 6.58 Å². The van der Waals surface area contributed by atoms with E-state index in [1.807, 2.05) is 33.9 Å². The molecule has 0 aromatic carbocycles. The van der Waals surface area contributed by atoms with Gasteiger partial charge in [0.25, 0.3) is 0 Å². The summed E-state index contributed by atoms with van der Waals surface area (Å²) in [5.41, 5.74) is -0.131. The Morgan fingerprint density at radius 2 is 2.19 bits per heavy atom. The first-order valence-electron chi connectivity index (χ1n) is 7.24. The highest BCUT2D eigenvalue weighted by Crippen LogP contribution is 2.19. The lowest BCUT2D eigenvalue weighted by Gasteiger charge is -2.21. The molecular weight excluding hydrogens is 266 g/mol. The van der Waals surface area contributed by atoms with Crippen molar-refractivity contribution < 1.29 is 4.52 Å². The maximum Gasteiger partial charge on any atom is 0.232 e. The third-order valence-corrected chi connectivity index (χ3v) is 2.99. The standard InChI is InChI=1S/C15H27N5O/c1-7-8-9-10-20(6)14(16-5)17-11-12-18-13(21-19-12)15(2,3)4/h7H,1,8-11H2,2-6H3,(H,16,17). The average molecular weight is 293 g/mol. The van der Waals surface area contributed by atoms with E-state index < -0.39 is 0 Å². The van der Waals surface area contributed by atoms with E-state index >= 15 is 0 Å². The minimum absolute atomic E-state index is 0.131. The van der Waals surface area contributed by atoms with Crippen LogP contribution >= 0.6 is 0 Å². The van der Waals surface area contributed by atoms with Gasteiger partial charge in [0.05, 0.1) is 6.54 Å². The first kappa shape index (κ1) is 17.2. The number of nitrogens with one attached hydrogen (secondary N) is 1. The van der Waals surface area contributed by atoms with Crippen molar-refractivity contribution >= 4 is 5.96 Å². The van der Waals surface area contributed by atoms with Gasteiger partial charge >= 0.3 is 0 Å². The molecular formula is C15H27N5O. The van der Waals surface area contributed by atoms with E-state index in [0.717, 1.165) is 25.3 Å². The predicted molar refractivity (Wildman–Crippen MR) is 85.3 cm³/mol. The van der Waals surface area contributed by atoms with Crippen molar-refractivity contribution in [2.24, 2.45) is 4.99 Å². The van der Waals surface area contributed by atoms with Crippen LogP contribution in [0.3, 0.4) is 0 Å². The van der Waals surface area contributed by atoms with Crippen molar-refractivity contribution in [3.8, 4) is 0 Å². The van der Waals surface area contributed by atoms with Crippen LogP contribution in [0.15, 0.2) is 22.2 Å². The molecule has 1 heterocycles. The molecule has 118 valence electrons. The molecule has 1 rings (SSSR count). The SMILES string of the molecule is C=CCCCN(C)C(=NC)NCc1noc(C(C)(C)C)n1. The molecule has 0 saturated heterocycles. The smallest absolute Gasteiger partial charge is 0.232 e. The van der Waals surface area contributed by atoms with Gasteiger partial charge in [0, 0.05) is 26.1 Å². The Morgan fingerprint density at radius 1 is 1.48 bits per heavy atom. The topological polar surface area (TPSA) is 66.5 Å². The van der Waals surface area contributed by atoms with E-state index in [1.165, 1.54) is 0 Å². The zero-order valence-corrected chi connectivity index (χ0v) is 13.8. The van der Waals surface area contributed by atoms with Crippen molar-refractivity contribution in [1.29, 1.82) is 0 Å². The summed E-state index contributed by atoms with van der Waals surface area (Å²) >= 11 is 0. The zero-order valence-electron chi connectivity index (χ0n) is 13.8. The molecule has 0 radical (unpaired) electrons. The second kappa shape index (κ2) is 7.81. The van der Waals surface area contributed by atoms with Crippen LogP contribution in [0.5, 0.6) is 0 Å². The molecule has 6 nitrogen and oxygen atoms in total. The second-order valence-corrected chi connectivity index (χ2v) is 6.02. The quantitative estimate of drug-likeness (QED) is 0.377. The third kappa shape index (κ3) is 5.57. The van der Waals surface area contributed by atoms with Gasteiger partial charge in [-0.05, 0) is 12.8 Å². The van der Waals surface area contributed by atoms with Gasteiger partial charge in [-0.3, -0.25) is 4.99 Å². The number of aliphatic imine (C=N–C) groups is 1. The summed E-state index contributed by atoms with van der Waals surface area (Å²) in [6, 6.07) is 0. The maximum atomic E-state index is 5.27. The van der Waals surface area contributed by atoms with Gasteiger partial charge in [-0.2, -0.15) is 4.98 Å². The van der Waals surface area contributed by atoms with E-state index in [4.69, 9.17) is 4.52 Å². The molecule has 0 bridgehead atoms. The predicted octanol–water partition coefficient (Wildman–Crippen LogP) is 2.34. The normalized spacial score (nSPS) is 12.3. The van der Waals surface area contributed by atoms with Crippen molar-refractivity contribution in [3.05, 3.63) is 24.4 Å². The molecule has 0 spiro atoms. The molecule has 0 aliphatic carbocycles. The minimum atomic E-state index is -0.131. The summed E-state index contributed by atoms with van der Waals surface area (Å²) in [5.74, 6) is 2.11. The number of hydrogen-bond acceptors (Lipinski definition) is 4. The van der Waals surface area contributed by atoms with Crippen molar-refractivity contribution in [1.82, 2.24) is 20.4 Å². The van der Waals surface area contributed by atoms with Gasteiger partial charge in [-0.25, -0.2) is 0 Å². The molecule has 0 saturated carbocycles. The van der Waals surface area contributed by atoms with Crippen molar-refractivity contribution in [3.63, 3.8) is 0 Å². The lowest BCUT2D eigenvalue weighted by molar-refractivity contribution is 0.318. The Hall–Kier alpha value is -1.85. The van der Waals surface area contributed by atoms with E-state index in [2.05, 4.69) is 31.9 Å². The maximum absolute atomic E-state index is 5.27. The molecule has 0 unspecified atom stereocenters. The van der Waals surface area contributed by atoms with Crippen LogP contribution in [0.25, 0.3) is 0 Å². The Bertz CT molecular complexity index is 473. The molecule has 21 heavy (non-hydrogen) atoms. The number of aromatic nitrogens is 2. The molecule has 1 N–H and O–H groups in total. The zero-order chi connectivity index (χ0) is 15.9. The Balaban J connectivity index is 2.52. The molecule has 0 fully saturated rings. The third-order valence-electron chi connectivity index (χ3n) is 2.99. The minimum Gasteiger partial charge on any atom is -0.349 e. The first-order chi connectivity index (χ1) is 9.88. The van der Waals surface area contributed by atoms with E-state index in [9.17, 15) is 0 Å². The Labute approximate surface area is 127 Å². The number of unbranched alkanes of at least 4 members (excludes halogenated alkanes) is 1. The summed E-state index contributed by atoms with van der Waals surface area (Å²) in [6.07, 6.45) is 3.98. The van der Waals surface area contributed by atoms with Gasteiger partial charge < -0.3 is 14.7 Å². The van der Waals surface area contributed by atoms with Crippen LogP contribution < -0.4 is 5.32 Å². The lowest BCUT2D eigenvalue weighted by Crippen LogP contribution is -2.39. The molecule has 0 aliphatic rings. The molecule has 0 atom stereocenters. The van der Waals surface area contributed by atoms with Crippen molar-refractivity contribution in [2.75, 3.05) is 20.6 Å². The molecule has 6 heteroatoms. The number of nitrogens with zero attached hydrogens (tertiary/aromatic N) is 4. The van der Waals surface area contributed by atoms with Crippen LogP contribution in [-0.4, -0.2) is 41.6 Å². The van der Waals surface area contributed by atoms with Crippen LogP contribution in [0, 0.1) is 0 Å². The van der Waals surface area contributed by atoms with E-state index in [-0.39, 0.29) is 5.41 Å². The summed E-state index contributed by atoms with van der Waals surface area (Å²) < 4.78 is 5.27. The van der Waals surface area contributed by atoms with Crippen LogP contribution in [0.1, 0.15) is 45.3 Å². The average Bonchev–Trinajstić information content (AvgIpc) is 2.88. The first-order valence-corrected chi connectivity index (χ1v) is 7.24. The highest BCUT2D eigenvalue weighted by atomic mass is 16.5. The summed E-state index contributed by atoms with van der Waals surface area (Å²) in [4.78, 5) is 10.7. The molecule has 1 aromatic rings. The summed E-state index contributed by atoms with van der Waals surface area (Å²) in [5, 5.41) is 7.23. The number of allylic oxidation sites excluding steroid dienone is 1. The van der Waals surface area contributed by atoms with Crippen LogP contribution in [-0.2, 0) is 12.0 Å². The van der Waals surface area contributed by atoms with Gasteiger partial charge in [0.2, 0.25) is 5.89 Å². The number of rotatable bonds is 6. The Kier molecular flexibility index (Phi) is 6.39. The fourth-order valence-electron chi connectivity index (χ4n) is 1.75. The Morgan fingerprint density at radius 3 is 2.71 bits per heavy atom. The highest BCUT2D eigenvalue weighted by Gasteiger charge is 2.21. The lowest BCUT2D eigenvalue weighted by atomic mass is 9.97.